The van der Waals surface area contributed by atoms with Crippen LogP contribution in [0, 0.1) is 5.92 Å². The van der Waals surface area contributed by atoms with Crippen LogP contribution in [0.3, 0.4) is 0 Å². The van der Waals surface area contributed by atoms with Crippen molar-refractivity contribution in [3.8, 4) is 0 Å². The van der Waals surface area contributed by atoms with Crippen LogP contribution < -0.4 is 10.6 Å². The van der Waals surface area contributed by atoms with E-state index in [2.05, 4.69) is 10.6 Å². The van der Waals surface area contributed by atoms with Gasteiger partial charge < -0.3 is 10.6 Å². The topological polar surface area (TPSA) is 41.1 Å². The number of benzene rings is 1. The van der Waals surface area contributed by atoms with Crippen LogP contribution in [-0.2, 0) is 11.2 Å². The number of halogens is 1. The number of rotatable bonds is 4. The Bertz CT molecular complexity index is 403. The third kappa shape index (κ3) is 4.31. The first-order valence-electron chi connectivity index (χ1n) is 6.46. The molecule has 1 saturated heterocycles. The molecule has 1 heterocycles. The second-order valence-corrected chi connectivity index (χ2v) is 5.24. The summed E-state index contributed by atoms with van der Waals surface area (Å²) in [5, 5.41) is 7.01. The van der Waals surface area contributed by atoms with Crippen LogP contribution in [0.25, 0.3) is 0 Å². The second kappa shape index (κ2) is 6.76. The van der Waals surface area contributed by atoms with Gasteiger partial charge in [0.2, 0.25) is 5.91 Å². The molecule has 3 nitrogen and oxygen atoms in total. The van der Waals surface area contributed by atoms with E-state index in [0.29, 0.717) is 17.4 Å². The lowest BCUT2D eigenvalue weighted by Gasteiger charge is -2.22. The van der Waals surface area contributed by atoms with Gasteiger partial charge in [-0.05, 0) is 49.5 Å². The Balaban J connectivity index is 1.74. The van der Waals surface area contributed by atoms with Crippen LogP contribution in [0.15, 0.2) is 24.3 Å². The van der Waals surface area contributed by atoms with Crippen molar-refractivity contribution >= 4 is 17.5 Å². The molecule has 1 aromatic carbocycles. The summed E-state index contributed by atoms with van der Waals surface area (Å²) in [6.07, 6.45) is 2.71. The van der Waals surface area contributed by atoms with Crippen molar-refractivity contribution in [2.24, 2.45) is 5.92 Å². The van der Waals surface area contributed by atoms with Crippen LogP contribution in [-0.4, -0.2) is 25.5 Å². The van der Waals surface area contributed by atoms with Crippen LogP contribution >= 0.6 is 11.6 Å². The van der Waals surface area contributed by atoms with Crippen LogP contribution in [0.2, 0.25) is 5.02 Å². The summed E-state index contributed by atoms with van der Waals surface area (Å²) in [6.45, 7) is 2.92. The Morgan fingerprint density at radius 2 is 2.17 bits per heavy atom. The lowest BCUT2D eigenvalue weighted by atomic mass is 9.98. The summed E-state index contributed by atoms with van der Waals surface area (Å²) < 4.78 is 0. The van der Waals surface area contributed by atoms with Gasteiger partial charge in [0.1, 0.15) is 0 Å². The molecule has 1 aliphatic rings. The Morgan fingerprint density at radius 3 is 2.89 bits per heavy atom. The fourth-order valence-corrected chi connectivity index (χ4v) is 2.45. The monoisotopic (exact) mass is 266 g/mol. The van der Waals surface area contributed by atoms with Crippen LogP contribution in [0.1, 0.15) is 18.4 Å². The molecule has 0 bridgehead atoms. The molecule has 2 rings (SSSR count). The van der Waals surface area contributed by atoms with Crippen LogP contribution in [0.5, 0.6) is 0 Å². The predicted octanol–water partition coefficient (Wildman–Crippen LogP) is 2.00. The highest BCUT2D eigenvalue weighted by molar-refractivity contribution is 6.30. The molecule has 1 aliphatic heterocycles. The minimum atomic E-state index is 0.0794. The number of nitrogens with one attached hydrogen (secondary N) is 2. The third-order valence-electron chi connectivity index (χ3n) is 3.30. The molecule has 2 N–H and O–H groups in total. The largest absolute Gasteiger partial charge is 0.356 e. The molecule has 4 heteroatoms. The van der Waals surface area contributed by atoms with Gasteiger partial charge in [-0.15, -0.1) is 0 Å². The first kappa shape index (κ1) is 13.4. The van der Waals surface area contributed by atoms with E-state index in [0.717, 1.165) is 38.0 Å². The molecule has 0 atom stereocenters. The average molecular weight is 267 g/mol. The van der Waals surface area contributed by atoms with E-state index < -0.39 is 0 Å². The Hall–Kier alpha value is -1.06. The fraction of sp³-hybridized carbons (Fsp3) is 0.500. The predicted molar refractivity (Wildman–Crippen MR) is 73.8 cm³/mol. The van der Waals surface area contributed by atoms with Gasteiger partial charge in [-0.3, -0.25) is 4.79 Å². The Kier molecular flexibility index (Phi) is 5.02. The zero-order valence-electron chi connectivity index (χ0n) is 10.4. The highest BCUT2D eigenvalue weighted by atomic mass is 35.5. The van der Waals surface area contributed by atoms with Gasteiger partial charge >= 0.3 is 0 Å². The average Bonchev–Trinajstić information content (AvgIpc) is 2.38. The molecule has 1 amide bonds. The van der Waals surface area contributed by atoms with Gasteiger partial charge in [-0.1, -0.05) is 23.7 Å². The summed E-state index contributed by atoms with van der Waals surface area (Å²) in [6, 6.07) is 7.46. The van der Waals surface area contributed by atoms with Gasteiger partial charge in [0.05, 0.1) is 6.42 Å². The van der Waals surface area contributed by atoms with Crippen molar-refractivity contribution < 1.29 is 4.79 Å². The number of amides is 1. The molecule has 1 aromatic rings. The molecule has 0 aromatic heterocycles. The van der Waals surface area contributed by atoms with E-state index in [1.807, 2.05) is 24.3 Å². The first-order chi connectivity index (χ1) is 8.74. The zero-order chi connectivity index (χ0) is 12.8. The minimum absolute atomic E-state index is 0.0794. The molecular formula is C14H19ClN2O. The number of carbonyl (C=O) groups excluding carboxylic acids is 1. The lowest BCUT2D eigenvalue weighted by Crippen LogP contribution is -2.36. The third-order valence-corrected chi connectivity index (χ3v) is 3.54. The van der Waals surface area contributed by atoms with Crippen molar-refractivity contribution in [1.82, 2.24) is 10.6 Å². The summed E-state index contributed by atoms with van der Waals surface area (Å²) in [5.41, 5.74) is 0.963. The smallest absolute Gasteiger partial charge is 0.224 e. The van der Waals surface area contributed by atoms with E-state index in [1.165, 1.54) is 0 Å². The van der Waals surface area contributed by atoms with E-state index in [9.17, 15) is 4.79 Å². The van der Waals surface area contributed by atoms with Crippen molar-refractivity contribution in [3.63, 3.8) is 0 Å². The van der Waals surface area contributed by atoms with Gasteiger partial charge in [0.25, 0.3) is 0 Å². The Labute approximate surface area is 113 Å². The van der Waals surface area contributed by atoms with Crippen molar-refractivity contribution in [2.75, 3.05) is 19.6 Å². The second-order valence-electron chi connectivity index (χ2n) is 4.80. The van der Waals surface area contributed by atoms with E-state index in [4.69, 9.17) is 11.6 Å². The first-order valence-corrected chi connectivity index (χ1v) is 6.83. The van der Waals surface area contributed by atoms with Gasteiger partial charge in [-0.2, -0.15) is 0 Å². The van der Waals surface area contributed by atoms with Crippen molar-refractivity contribution in [2.45, 2.75) is 19.3 Å². The number of piperidine rings is 1. The summed E-state index contributed by atoms with van der Waals surface area (Å²) in [5.74, 6) is 0.699. The maximum Gasteiger partial charge on any atom is 0.224 e. The molecular weight excluding hydrogens is 248 g/mol. The number of hydrogen-bond donors (Lipinski definition) is 2. The molecule has 0 radical (unpaired) electrons. The Morgan fingerprint density at radius 1 is 1.39 bits per heavy atom. The lowest BCUT2D eigenvalue weighted by molar-refractivity contribution is -0.120. The molecule has 98 valence electrons. The highest BCUT2D eigenvalue weighted by Gasteiger charge is 2.13. The van der Waals surface area contributed by atoms with E-state index >= 15 is 0 Å². The van der Waals surface area contributed by atoms with Gasteiger partial charge in [-0.25, -0.2) is 0 Å². The summed E-state index contributed by atoms with van der Waals surface area (Å²) in [4.78, 5) is 11.8. The van der Waals surface area contributed by atoms with Gasteiger partial charge in [0.15, 0.2) is 0 Å². The fourth-order valence-electron chi connectivity index (χ4n) is 2.24. The molecule has 0 saturated carbocycles. The van der Waals surface area contributed by atoms with E-state index in [1.54, 1.807) is 0 Å². The minimum Gasteiger partial charge on any atom is -0.356 e. The van der Waals surface area contributed by atoms with Crippen molar-refractivity contribution in [1.29, 1.82) is 0 Å². The maximum atomic E-state index is 11.8. The summed E-state index contributed by atoms with van der Waals surface area (Å²) in [7, 11) is 0. The highest BCUT2D eigenvalue weighted by Crippen LogP contribution is 2.12. The standard InChI is InChI=1S/C14H19ClN2O/c15-13-3-1-2-12(8-13)9-14(18)17-10-11-4-6-16-7-5-11/h1-3,8,11,16H,4-7,9-10H2,(H,17,18). The molecule has 0 spiro atoms. The van der Waals surface area contributed by atoms with Gasteiger partial charge in [0, 0.05) is 11.6 Å². The number of carbonyl (C=O) groups is 1. The van der Waals surface area contributed by atoms with Crippen LogP contribution in [0.4, 0.5) is 0 Å². The SMILES string of the molecule is O=C(Cc1cccc(Cl)c1)NCC1CCNCC1. The molecule has 0 aliphatic carbocycles. The van der Waals surface area contributed by atoms with Crippen molar-refractivity contribution in [3.05, 3.63) is 34.9 Å². The number of hydrogen-bond acceptors (Lipinski definition) is 2. The normalized spacial score (nSPS) is 16.5. The molecule has 0 unspecified atom stereocenters. The quantitative estimate of drug-likeness (QED) is 0.875. The molecule has 1 fully saturated rings. The zero-order valence-corrected chi connectivity index (χ0v) is 11.2. The maximum absolute atomic E-state index is 11.8. The van der Waals surface area contributed by atoms with E-state index in [-0.39, 0.29) is 5.91 Å². The molecule has 18 heavy (non-hydrogen) atoms. The summed E-state index contributed by atoms with van der Waals surface area (Å²) >= 11 is 5.89.